The number of nitrogens with zero attached hydrogens (tertiary/aromatic N) is 1. The first-order chi connectivity index (χ1) is 11.3. The lowest BCUT2D eigenvalue weighted by atomic mass is 9.71. The Morgan fingerprint density at radius 1 is 1.00 bits per heavy atom. The van der Waals surface area contributed by atoms with Crippen LogP contribution >= 0.6 is 0 Å². The SMILES string of the molecule is CCCCCC1CCC2=C(CCC(c3ccc(C#N)cc3)C2)C1. The van der Waals surface area contributed by atoms with Crippen LogP contribution in [0.1, 0.15) is 88.2 Å². The molecule has 2 unspecified atom stereocenters. The second-order valence-corrected chi connectivity index (χ2v) is 7.49. The van der Waals surface area contributed by atoms with Crippen LogP contribution in [0.2, 0.25) is 0 Å². The molecule has 3 rings (SSSR count). The first kappa shape index (κ1) is 16.3. The van der Waals surface area contributed by atoms with E-state index >= 15 is 0 Å². The summed E-state index contributed by atoms with van der Waals surface area (Å²) in [6, 6.07) is 10.5. The summed E-state index contributed by atoms with van der Waals surface area (Å²) in [5, 5.41) is 8.94. The molecule has 0 radical (unpaired) electrons. The lowest BCUT2D eigenvalue weighted by Crippen LogP contribution is -2.17. The third kappa shape index (κ3) is 4.05. The molecule has 0 heterocycles. The van der Waals surface area contributed by atoms with Crippen LogP contribution in [0, 0.1) is 17.2 Å². The van der Waals surface area contributed by atoms with Crippen molar-refractivity contribution in [1.29, 1.82) is 5.26 Å². The third-order valence-corrected chi connectivity index (χ3v) is 5.90. The monoisotopic (exact) mass is 307 g/mol. The van der Waals surface area contributed by atoms with Crippen LogP contribution in [0.15, 0.2) is 35.4 Å². The molecular formula is C22H29N. The van der Waals surface area contributed by atoms with Crippen molar-refractivity contribution in [1.82, 2.24) is 0 Å². The summed E-state index contributed by atoms with van der Waals surface area (Å²) >= 11 is 0. The second-order valence-electron chi connectivity index (χ2n) is 7.49. The molecule has 1 aromatic rings. The number of hydrogen-bond donors (Lipinski definition) is 0. The molecule has 0 fully saturated rings. The van der Waals surface area contributed by atoms with E-state index in [2.05, 4.69) is 25.1 Å². The Morgan fingerprint density at radius 3 is 2.48 bits per heavy atom. The standard InChI is InChI=1S/C22H29N/c1-2-3-4-5-17-6-11-22-15-21(13-12-20(22)14-17)19-9-7-18(16-23)8-10-19/h7-10,17,21H,2-6,11-15H2,1H3. The number of nitriles is 1. The van der Waals surface area contributed by atoms with E-state index in [1.807, 2.05) is 17.7 Å². The summed E-state index contributed by atoms with van der Waals surface area (Å²) in [7, 11) is 0. The summed E-state index contributed by atoms with van der Waals surface area (Å²) in [6.07, 6.45) is 13.7. The predicted octanol–water partition coefficient (Wildman–Crippen LogP) is 6.50. The minimum atomic E-state index is 0.679. The Hall–Kier alpha value is -1.55. The van der Waals surface area contributed by atoms with Gasteiger partial charge in [-0.15, -0.1) is 0 Å². The van der Waals surface area contributed by atoms with Gasteiger partial charge in [-0.25, -0.2) is 0 Å². The number of rotatable bonds is 5. The molecule has 2 atom stereocenters. The molecule has 1 aromatic carbocycles. The van der Waals surface area contributed by atoms with Gasteiger partial charge in [0.05, 0.1) is 11.6 Å². The number of allylic oxidation sites excluding steroid dienone is 2. The fourth-order valence-corrected chi connectivity index (χ4v) is 4.47. The van der Waals surface area contributed by atoms with Gasteiger partial charge in [-0.3, -0.25) is 0 Å². The predicted molar refractivity (Wildman–Crippen MR) is 96.3 cm³/mol. The maximum atomic E-state index is 8.94. The van der Waals surface area contributed by atoms with Gasteiger partial charge in [0, 0.05) is 0 Å². The summed E-state index contributed by atoms with van der Waals surface area (Å²) in [5.74, 6) is 1.64. The van der Waals surface area contributed by atoms with E-state index in [0.29, 0.717) is 5.92 Å². The van der Waals surface area contributed by atoms with Gasteiger partial charge < -0.3 is 0 Å². The van der Waals surface area contributed by atoms with Crippen molar-refractivity contribution in [2.45, 2.75) is 77.0 Å². The molecule has 1 heteroatoms. The Kier molecular flexibility index (Phi) is 5.55. The van der Waals surface area contributed by atoms with Gasteiger partial charge in [0.2, 0.25) is 0 Å². The van der Waals surface area contributed by atoms with Gasteiger partial charge in [0.25, 0.3) is 0 Å². The highest BCUT2D eigenvalue weighted by molar-refractivity contribution is 5.35. The van der Waals surface area contributed by atoms with Crippen molar-refractivity contribution in [3.63, 3.8) is 0 Å². The molecule has 0 aromatic heterocycles. The molecule has 0 aliphatic heterocycles. The summed E-state index contributed by atoms with van der Waals surface area (Å²) in [5.41, 5.74) is 5.79. The fraction of sp³-hybridized carbons (Fsp3) is 0.591. The number of hydrogen-bond acceptors (Lipinski definition) is 1. The first-order valence-corrected chi connectivity index (χ1v) is 9.50. The van der Waals surface area contributed by atoms with Crippen LogP contribution in [-0.4, -0.2) is 0 Å². The van der Waals surface area contributed by atoms with E-state index in [9.17, 15) is 0 Å². The van der Waals surface area contributed by atoms with Gasteiger partial charge in [-0.1, -0.05) is 55.9 Å². The topological polar surface area (TPSA) is 23.8 Å². The molecule has 0 N–H and O–H groups in total. The smallest absolute Gasteiger partial charge is 0.0991 e. The van der Waals surface area contributed by atoms with E-state index in [1.54, 1.807) is 5.57 Å². The average molecular weight is 307 g/mol. The minimum Gasteiger partial charge on any atom is -0.192 e. The molecule has 0 saturated heterocycles. The molecule has 0 spiro atoms. The van der Waals surface area contributed by atoms with E-state index in [4.69, 9.17) is 5.26 Å². The lowest BCUT2D eigenvalue weighted by Gasteiger charge is -2.34. The lowest BCUT2D eigenvalue weighted by molar-refractivity contribution is 0.377. The Morgan fingerprint density at radius 2 is 1.74 bits per heavy atom. The van der Waals surface area contributed by atoms with E-state index in [0.717, 1.165) is 11.5 Å². The van der Waals surface area contributed by atoms with Crippen molar-refractivity contribution in [2.24, 2.45) is 5.92 Å². The summed E-state index contributed by atoms with van der Waals surface area (Å²) in [4.78, 5) is 0. The van der Waals surface area contributed by atoms with Crippen LogP contribution in [-0.2, 0) is 0 Å². The van der Waals surface area contributed by atoms with Gasteiger partial charge >= 0.3 is 0 Å². The third-order valence-electron chi connectivity index (χ3n) is 5.90. The van der Waals surface area contributed by atoms with Gasteiger partial charge in [0.1, 0.15) is 0 Å². The maximum absolute atomic E-state index is 8.94. The van der Waals surface area contributed by atoms with E-state index in [-0.39, 0.29) is 0 Å². The second kappa shape index (κ2) is 7.82. The molecule has 2 aliphatic carbocycles. The highest BCUT2D eigenvalue weighted by Crippen LogP contribution is 2.44. The van der Waals surface area contributed by atoms with Crippen molar-refractivity contribution in [3.8, 4) is 6.07 Å². The Labute approximate surface area is 141 Å². The molecule has 2 aliphatic rings. The van der Waals surface area contributed by atoms with E-state index < -0.39 is 0 Å². The van der Waals surface area contributed by atoms with Crippen molar-refractivity contribution >= 4 is 0 Å². The van der Waals surface area contributed by atoms with Gasteiger partial charge in [-0.05, 0) is 68.1 Å². The number of benzene rings is 1. The molecule has 23 heavy (non-hydrogen) atoms. The van der Waals surface area contributed by atoms with E-state index in [1.165, 1.54) is 69.8 Å². The summed E-state index contributed by atoms with van der Waals surface area (Å²) < 4.78 is 0. The highest BCUT2D eigenvalue weighted by atomic mass is 14.3. The van der Waals surface area contributed by atoms with Crippen LogP contribution in [0.3, 0.4) is 0 Å². The quantitative estimate of drug-likeness (QED) is 0.449. The normalized spacial score (nSPS) is 24.2. The molecule has 0 amide bonds. The van der Waals surface area contributed by atoms with Gasteiger partial charge in [0.15, 0.2) is 0 Å². The molecule has 1 nitrogen and oxygen atoms in total. The van der Waals surface area contributed by atoms with Crippen LogP contribution in [0.25, 0.3) is 0 Å². The zero-order chi connectivity index (χ0) is 16.1. The van der Waals surface area contributed by atoms with Crippen LogP contribution in [0.5, 0.6) is 0 Å². The first-order valence-electron chi connectivity index (χ1n) is 9.50. The molecule has 122 valence electrons. The Balaban J connectivity index is 1.60. The number of unbranched alkanes of at least 4 members (excludes halogenated alkanes) is 2. The summed E-state index contributed by atoms with van der Waals surface area (Å²) in [6.45, 7) is 2.30. The van der Waals surface area contributed by atoms with Crippen LogP contribution in [0.4, 0.5) is 0 Å². The maximum Gasteiger partial charge on any atom is 0.0991 e. The average Bonchev–Trinajstić information content (AvgIpc) is 2.61. The van der Waals surface area contributed by atoms with Crippen molar-refractivity contribution in [3.05, 3.63) is 46.5 Å². The minimum absolute atomic E-state index is 0.679. The zero-order valence-electron chi connectivity index (χ0n) is 14.5. The largest absolute Gasteiger partial charge is 0.192 e. The van der Waals surface area contributed by atoms with Crippen LogP contribution < -0.4 is 0 Å². The van der Waals surface area contributed by atoms with Gasteiger partial charge in [-0.2, -0.15) is 5.26 Å². The highest BCUT2D eigenvalue weighted by Gasteiger charge is 2.27. The molecular weight excluding hydrogens is 278 g/mol. The zero-order valence-corrected chi connectivity index (χ0v) is 14.5. The molecule has 0 bridgehead atoms. The fourth-order valence-electron chi connectivity index (χ4n) is 4.47. The van der Waals surface area contributed by atoms with Crippen molar-refractivity contribution < 1.29 is 0 Å². The Bertz CT molecular complexity index is 587. The van der Waals surface area contributed by atoms with Crippen molar-refractivity contribution in [2.75, 3.05) is 0 Å². The molecule has 0 saturated carbocycles.